The minimum Gasteiger partial charge on any atom is -0.493 e. The van der Waals surface area contributed by atoms with Crippen LogP contribution in [0.25, 0.3) is 0 Å². The number of nitrogens with one attached hydrogen (secondary N) is 2. The van der Waals surface area contributed by atoms with Gasteiger partial charge in [0.15, 0.2) is 5.96 Å². The first-order chi connectivity index (χ1) is 15.0. The first-order valence-electron chi connectivity index (χ1n) is 10.2. The Morgan fingerprint density at radius 3 is 2.74 bits per heavy atom. The van der Waals surface area contributed by atoms with Gasteiger partial charge in [-0.15, -0.1) is 0 Å². The summed E-state index contributed by atoms with van der Waals surface area (Å²) in [6.07, 6.45) is 1.23. The number of fused-ring (bicyclic) bond motifs is 1. The van der Waals surface area contributed by atoms with E-state index in [9.17, 15) is 9.59 Å². The molecule has 0 saturated heterocycles. The molecule has 1 atom stereocenters. The van der Waals surface area contributed by atoms with Crippen LogP contribution in [0.5, 0.6) is 5.75 Å². The van der Waals surface area contributed by atoms with E-state index in [4.69, 9.17) is 20.6 Å². The van der Waals surface area contributed by atoms with E-state index in [2.05, 4.69) is 5.32 Å². The molecule has 1 heterocycles. The molecular formula is C23H28N4O4. The molecule has 1 aliphatic heterocycles. The number of rotatable bonds is 9. The number of esters is 1. The molecule has 2 aromatic carbocycles. The Morgan fingerprint density at radius 1 is 1.26 bits per heavy atom. The Hall–Kier alpha value is -3.55. The van der Waals surface area contributed by atoms with Crippen molar-refractivity contribution in [3.05, 3.63) is 59.7 Å². The number of nitrogens with two attached hydrogens (primary N) is 1. The molecule has 0 fully saturated rings. The van der Waals surface area contributed by atoms with E-state index in [0.29, 0.717) is 38.3 Å². The number of ether oxygens (including phenoxy) is 2. The van der Waals surface area contributed by atoms with Crippen molar-refractivity contribution in [2.24, 2.45) is 11.7 Å². The van der Waals surface area contributed by atoms with Crippen molar-refractivity contribution >= 4 is 23.5 Å². The van der Waals surface area contributed by atoms with Gasteiger partial charge in [-0.25, -0.2) is 0 Å². The molecule has 3 rings (SSSR count). The minimum absolute atomic E-state index is 0.0570. The number of hydrogen-bond acceptors (Lipinski definition) is 5. The molecule has 1 amide bonds. The van der Waals surface area contributed by atoms with E-state index in [1.165, 1.54) is 7.11 Å². The number of methoxy groups -OCH3 is 1. The van der Waals surface area contributed by atoms with Crippen molar-refractivity contribution in [3.63, 3.8) is 0 Å². The van der Waals surface area contributed by atoms with E-state index < -0.39 is 5.92 Å². The third-order valence-corrected chi connectivity index (χ3v) is 5.16. The fourth-order valence-corrected chi connectivity index (χ4v) is 3.61. The van der Waals surface area contributed by atoms with E-state index in [-0.39, 0.29) is 24.3 Å². The van der Waals surface area contributed by atoms with E-state index in [1.807, 2.05) is 48.5 Å². The number of benzene rings is 2. The van der Waals surface area contributed by atoms with Crippen LogP contribution in [0, 0.1) is 11.3 Å². The Labute approximate surface area is 181 Å². The van der Waals surface area contributed by atoms with Gasteiger partial charge in [0.25, 0.3) is 0 Å². The van der Waals surface area contributed by atoms with Crippen LogP contribution in [-0.4, -0.2) is 38.1 Å². The predicted molar refractivity (Wildman–Crippen MR) is 118 cm³/mol. The van der Waals surface area contributed by atoms with Gasteiger partial charge in [-0.2, -0.15) is 0 Å². The zero-order valence-corrected chi connectivity index (χ0v) is 17.6. The molecule has 164 valence electrons. The van der Waals surface area contributed by atoms with E-state index in [1.54, 1.807) is 4.90 Å². The van der Waals surface area contributed by atoms with Crippen molar-refractivity contribution in [3.8, 4) is 5.75 Å². The maximum absolute atomic E-state index is 13.3. The largest absolute Gasteiger partial charge is 0.493 e. The molecule has 0 saturated carbocycles. The molecule has 2 aromatic rings. The van der Waals surface area contributed by atoms with Crippen LogP contribution in [0.4, 0.5) is 5.69 Å². The fraction of sp³-hybridized carbons (Fsp3) is 0.348. The van der Waals surface area contributed by atoms with Crippen LogP contribution in [0.2, 0.25) is 0 Å². The molecule has 4 N–H and O–H groups in total. The number of amides is 1. The lowest BCUT2D eigenvalue weighted by molar-refractivity contribution is -0.143. The Balaban J connectivity index is 1.79. The van der Waals surface area contributed by atoms with Gasteiger partial charge in [0.1, 0.15) is 5.75 Å². The molecule has 0 radical (unpaired) electrons. The van der Waals surface area contributed by atoms with Crippen LogP contribution in [-0.2, 0) is 27.3 Å². The number of guanidine groups is 1. The highest BCUT2D eigenvalue weighted by Gasteiger charge is 2.34. The zero-order valence-electron chi connectivity index (χ0n) is 17.6. The fourth-order valence-electron chi connectivity index (χ4n) is 3.61. The third-order valence-electron chi connectivity index (χ3n) is 5.16. The lowest BCUT2D eigenvalue weighted by Gasteiger charge is -2.34. The molecule has 31 heavy (non-hydrogen) atoms. The van der Waals surface area contributed by atoms with Crippen LogP contribution in [0.15, 0.2) is 48.5 Å². The molecule has 0 bridgehead atoms. The Morgan fingerprint density at radius 2 is 2.03 bits per heavy atom. The van der Waals surface area contributed by atoms with Gasteiger partial charge in [-0.1, -0.05) is 36.4 Å². The van der Waals surface area contributed by atoms with Crippen molar-refractivity contribution in [2.75, 3.05) is 25.2 Å². The maximum Gasteiger partial charge on any atom is 0.306 e. The maximum atomic E-state index is 13.3. The van der Waals surface area contributed by atoms with Crippen LogP contribution < -0.4 is 20.7 Å². The topological polar surface area (TPSA) is 118 Å². The molecule has 1 aliphatic rings. The summed E-state index contributed by atoms with van der Waals surface area (Å²) in [5.41, 5.74) is 8.07. The molecular weight excluding hydrogens is 396 g/mol. The van der Waals surface area contributed by atoms with Crippen LogP contribution in [0.1, 0.15) is 24.0 Å². The number of anilines is 1. The van der Waals surface area contributed by atoms with Crippen molar-refractivity contribution in [1.82, 2.24) is 5.32 Å². The van der Waals surface area contributed by atoms with E-state index >= 15 is 0 Å². The molecule has 0 aliphatic carbocycles. The summed E-state index contributed by atoms with van der Waals surface area (Å²) < 4.78 is 10.6. The summed E-state index contributed by atoms with van der Waals surface area (Å²) in [5, 5.41) is 9.90. The number of carbonyl (C=O) groups excluding carboxylic acids is 2. The second-order valence-electron chi connectivity index (χ2n) is 7.42. The van der Waals surface area contributed by atoms with Gasteiger partial charge in [0, 0.05) is 12.6 Å². The molecule has 0 aromatic heterocycles. The number of hydrogen-bond donors (Lipinski definition) is 3. The van der Waals surface area contributed by atoms with Gasteiger partial charge >= 0.3 is 5.97 Å². The van der Waals surface area contributed by atoms with Gasteiger partial charge in [-0.05, 0) is 30.0 Å². The smallest absolute Gasteiger partial charge is 0.306 e. The average molecular weight is 425 g/mol. The molecule has 8 nitrogen and oxygen atoms in total. The molecule has 1 unspecified atom stereocenters. The summed E-state index contributed by atoms with van der Waals surface area (Å²) in [5.74, 6) is -0.331. The quantitative estimate of drug-likeness (QED) is 0.246. The monoisotopic (exact) mass is 424 g/mol. The Kier molecular flexibility index (Phi) is 7.48. The van der Waals surface area contributed by atoms with Crippen molar-refractivity contribution < 1.29 is 19.1 Å². The minimum atomic E-state index is -0.451. The standard InChI is InChI=1S/C23H28N4O4/c1-30-21(28)13-18-12-17-8-9-19(31-11-5-10-26-23(24)25)14-20(17)27(22(18)29)15-16-6-3-2-4-7-16/h2-4,6-9,14,18H,5,10-13,15H2,1H3,(H4,24,25,26). The second-order valence-corrected chi connectivity index (χ2v) is 7.42. The molecule has 8 heteroatoms. The summed E-state index contributed by atoms with van der Waals surface area (Å²) in [6, 6.07) is 15.5. The first kappa shape index (κ1) is 22.1. The average Bonchev–Trinajstić information content (AvgIpc) is 2.77. The second kappa shape index (κ2) is 10.5. The van der Waals surface area contributed by atoms with Crippen LogP contribution >= 0.6 is 0 Å². The predicted octanol–water partition coefficient (Wildman–Crippen LogP) is 2.21. The normalized spacial score (nSPS) is 15.2. The Bertz CT molecular complexity index is 932. The SMILES string of the molecule is COC(=O)CC1Cc2ccc(OCCCNC(=N)N)cc2N(Cc2ccccc2)C1=O. The lowest BCUT2D eigenvalue weighted by Crippen LogP contribution is -2.41. The van der Waals surface area contributed by atoms with E-state index in [0.717, 1.165) is 16.8 Å². The van der Waals surface area contributed by atoms with Gasteiger partial charge in [0.05, 0.1) is 38.3 Å². The molecule has 0 spiro atoms. The van der Waals surface area contributed by atoms with Gasteiger partial charge in [-0.3, -0.25) is 15.0 Å². The number of carbonyl (C=O) groups is 2. The highest BCUT2D eigenvalue weighted by molar-refractivity contribution is 5.99. The summed E-state index contributed by atoms with van der Waals surface area (Å²) >= 11 is 0. The zero-order chi connectivity index (χ0) is 22.2. The van der Waals surface area contributed by atoms with Crippen molar-refractivity contribution in [2.45, 2.75) is 25.8 Å². The first-order valence-corrected chi connectivity index (χ1v) is 10.2. The highest BCUT2D eigenvalue weighted by Crippen LogP contribution is 2.36. The number of nitrogens with zero attached hydrogens (tertiary/aromatic N) is 1. The summed E-state index contributed by atoms with van der Waals surface area (Å²) in [7, 11) is 1.33. The highest BCUT2D eigenvalue weighted by atomic mass is 16.5. The van der Waals surface area contributed by atoms with Gasteiger partial charge in [0.2, 0.25) is 5.91 Å². The van der Waals surface area contributed by atoms with Gasteiger partial charge < -0.3 is 25.4 Å². The van der Waals surface area contributed by atoms with Crippen LogP contribution in [0.3, 0.4) is 0 Å². The third kappa shape index (κ3) is 5.97. The lowest BCUT2D eigenvalue weighted by atomic mass is 9.89. The van der Waals surface area contributed by atoms with Crippen molar-refractivity contribution in [1.29, 1.82) is 5.41 Å². The summed E-state index contributed by atoms with van der Waals surface area (Å²) in [6.45, 7) is 1.42. The summed E-state index contributed by atoms with van der Waals surface area (Å²) in [4.78, 5) is 26.8.